The van der Waals surface area contributed by atoms with Gasteiger partial charge in [-0.3, -0.25) is 0 Å². The highest BCUT2D eigenvalue weighted by Crippen LogP contribution is 2.25. The third-order valence-electron chi connectivity index (χ3n) is 2.85. The molecule has 0 bridgehead atoms. The van der Waals surface area contributed by atoms with Crippen molar-refractivity contribution in [2.24, 2.45) is 5.92 Å². The Kier molecular flexibility index (Phi) is 4.73. The molecule has 16 heavy (non-hydrogen) atoms. The number of anilines is 1. The maximum atomic E-state index is 6.16. The Morgan fingerprint density at radius 2 is 2.12 bits per heavy atom. The van der Waals surface area contributed by atoms with Gasteiger partial charge >= 0.3 is 0 Å². The van der Waals surface area contributed by atoms with E-state index in [1.54, 1.807) is 0 Å². The van der Waals surface area contributed by atoms with Gasteiger partial charge in [-0.1, -0.05) is 11.6 Å². The van der Waals surface area contributed by atoms with Crippen LogP contribution in [0, 0.1) is 9.49 Å². The van der Waals surface area contributed by atoms with Gasteiger partial charge in [0.15, 0.2) is 0 Å². The van der Waals surface area contributed by atoms with E-state index < -0.39 is 0 Å². The summed E-state index contributed by atoms with van der Waals surface area (Å²) in [6.45, 7) is 2.78. The summed E-state index contributed by atoms with van der Waals surface area (Å²) < 4.78 is 6.50. The molecule has 0 aliphatic carbocycles. The van der Waals surface area contributed by atoms with Crippen LogP contribution in [0.4, 0.5) is 5.69 Å². The van der Waals surface area contributed by atoms with E-state index >= 15 is 0 Å². The third kappa shape index (κ3) is 3.50. The van der Waals surface area contributed by atoms with E-state index in [0.29, 0.717) is 5.92 Å². The normalized spacial score (nSPS) is 17.4. The lowest BCUT2D eigenvalue weighted by Crippen LogP contribution is -2.22. The standard InChI is InChI=1S/C12H15ClINO/c13-11-7-10(14)1-2-12(11)15-8-9-3-5-16-6-4-9/h1-2,7,9,15H,3-6,8H2. The van der Waals surface area contributed by atoms with Crippen molar-refractivity contribution in [2.75, 3.05) is 25.1 Å². The number of hydrogen-bond donors (Lipinski definition) is 1. The molecular weight excluding hydrogens is 336 g/mol. The van der Waals surface area contributed by atoms with Gasteiger partial charge in [0.1, 0.15) is 0 Å². The maximum absolute atomic E-state index is 6.16. The molecule has 1 aromatic rings. The highest BCUT2D eigenvalue weighted by atomic mass is 127. The van der Waals surface area contributed by atoms with Gasteiger partial charge in [0, 0.05) is 23.3 Å². The Labute approximate surface area is 115 Å². The number of halogens is 2. The minimum absolute atomic E-state index is 0.712. The van der Waals surface area contributed by atoms with Crippen molar-refractivity contribution in [1.29, 1.82) is 0 Å². The molecular formula is C12H15ClINO. The van der Waals surface area contributed by atoms with Crippen molar-refractivity contribution < 1.29 is 4.74 Å². The topological polar surface area (TPSA) is 21.3 Å². The van der Waals surface area contributed by atoms with Crippen LogP contribution in [0.2, 0.25) is 5.02 Å². The molecule has 1 N–H and O–H groups in total. The zero-order valence-corrected chi connectivity index (χ0v) is 11.9. The number of benzene rings is 1. The SMILES string of the molecule is Clc1cc(I)ccc1NCC1CCOCC1. The van der Waals surface area contributed by atoms with Gasteiger partial charge in [-0.05, 0) is 59.5 Å². The van der Waals surface area contributed by atoms with Gasteiger partial charge in [0.05, 0.1) is 10.7 Å². The van der Waals surface area contributed by atoms with E-state index in [4.69, 9.17) is 16.3 Å². The molecule has 0 aromatic heterocycles. The summed E-state index contributed by atoms with van der Waals surface area (Å²) in [5, 5.41) is 4.22. The molecule has 2 rings (SSSR count). The highest BCUT2D eigenvalue weighted by Gasteiger charge is 2.13. The van der Waals surface area contributed by atoms with Crippen LogP contribution in [0.5, 0.6) is 0 Å². The highest BCUT2D eigenvalue weighted by molar-refractivity contribution is 14.1. The lowest BCUT2D eigenvalue weighted by molar-refractivity contribution is 0.0699. The average Bonchev–Trinajstić information content (AvgIpc) is 2.29. The van der Waals surface area contributed by atoms with Crippen LogP contribution in [0.1, 0.15) is 12.8 Å². The van der Waals surface area contributed by atoms with Gasteiger partial charge in [0.2, 0.25) is 0 Å². The molecule has 1 aliphatic heterocycles. The van der Waals surface area contributed by atoms with Crippen LogP contribution < -0.4 is 5.32 Å². The molecule has 1 aromatic carbocycles. The zero-order valence-electron chi connectivity index (χ0n) is 9.01. The molecule has 4 heteroatoms. The molecule has 0 radical (unpaired) electrons. The summed E-state index contributed by atoms with van der Waals surface area (Å²) in [7, 11) is 0. The van der Waals surface area contributed by atoms with Gasteiger partial charge < -0.3 is 10.1 Å². The van der Waals surface area contributed by atoms with Gasteiger partial charge in [0.25, 0.3) is 0 Å². The predicted octanol–water partition coefficient (Wildman–Crippen LogP) is 3.78. The zero-order chi connectivity index (χ0) is 11.4. The molecule has 1 saturated heterocycles. The third-order valence-corrected chi connectivity index (χ3v) is 3.84. The number of nitrogens with one attached hydrogen (secondary N) is 1. The molecule has 88 valence electrons. The first-order valence-corrected chi connectivity index (χ1v) is 6.98. The van der Waals surface area contributed by atoms with Crippen LogP contribution in [-0.4, -0.2) is 19.8 Å². The molecule has 0 saturated carbocycles. The Bertz CT molecular complexity index is 353. The summed E-state index contributed by atoms with van der Waals surface area (Å²) in [4.78, 5) is 0. The minimum Gasteiger partial charge on any atom is -0.384 e. The van der Waals surface area contributed by atoms with Gasteiger partial charge in [-0.25, -0.2) is 0 Å². The molecule has 1 aliphatic rings. The second-order valence-corrected chi connectivity index (χ2v) is 5.71. The first-order chi connectivity index (χ1) is 7.75. The van der Waals surface area contributed by atoms with Crippen molar-refractivity contribution in [3.63, 3.8) is 0 Å². The first kappa shape index (κ1) is 12.5. The monoisotopic (exact) mass is 351 g/mol. The summed E-state index contributed by atoms with van der Waals surface area (Å²) in [5.74, 6) is 0.712. The Morgan fingerprint density at radius 1 is 1.38 bits per heavy atom. The van der Waals surface area contributed by atoms with Crippen molar-refractivity contribution in [3.05, 3.63) is 26.8 Å². The van der Waals surface area contributed by atoms with Crippen molar-refractivity contribution in [3.8, 4) is 0 Å². The molecule has 1 fully saturated rings. The lowest BCUT2D eigenvalue weighted by Gasteiger charge is -2.22. The maximum Gasteiger partial charge on any atom is 0.0648 e. The van der Waals surface area contributed by atoms with Crippen LogP contribution in [0.3, 0.4) is 0 Å². The van der Waals surface area contributed by atoms with Crippen LogP contribution in [0.25, 0.3) is 0 Å². The van der Waals surface area contributed by atoms with E-state index in [-0.39, 0.29) is 0 Å². The van der Waals surface area contributed by atoms with Crippen LogP contribution >= 0.6 is 34.2 Å². The van der Waals surface area contributed by atoms with Crippen molar-refractivity contribution in [1.82, 2.24) is 0 Å². The summed E-state index contributed by atoms with van der Waals surface area (Å²) in [5.41, 5.74) is 1.04. The fourth-order valence-electron chi connectivity index (χ4n) is 1.84. The smallest absolute Gasteiger partial charge is 0.0648 e. The van der Waals surface area contributed by atoms with Crippen molar-refractivity contribution >= 4 is 39.9 Å². The first-order valence-electron chi connectivity index (χ1n) is 5.52. The summed E-state index contributed by atoms with van der Waals surface area (Å²) in [6, 6.07) is 6.09. The molecule has 2 nitrogen and oxygen atoms in total. The fourth-order valence-corrected chi connectivity index (χ4v) is 2.76. The average molecular weight is 352 g/mol. The quantitative estimate of drug-likeness (QED) is 0.837. The number of rotatable bonds is 3. The second-order valence-electron chi connectivity index (χ2n) is 4.06. The second kappa shape index (κ2) is 6.07. The van der Waals surface area contributed by atoms with E-state index in [2.05, 4.69) is 34.0 Å². The summed E-state index contributed by atoms with van der Waals surface area (Å²) >= 11 is 8.42. The van der Waals surface area contributed by atoms with Crippen LogP contribution in [-0.2, 0) is 4.74 Å². The van der Waals surface area contributed by atoms with Crippen LogP contribution in [0.15, 0.2) is 18.2 Å². The van der Waals surface area contributed by atoms with E-state index in [1.165, 1.54) is 3.57 Å². The van der Waals surface area contributed by atoms with Gasteiger partial charge in [-0.2, -0.15) is 0 Å². The van der Waals surface area contributed by atoms with E-state index in [1.807, 2.05) is 12.1 Å². The van der Waals surface area contributed by atoms with E-state index in [0.717, 1.165) is 43.3 Å². The van der Waals surface area contributed by atoms with E-state index in [9.17, 15) is 0 Å². The molecule has 0 unspecified atom stereocenters. The molecule has 0 spiro atoms. The fraction of sp³-hybridized carbons (Fsp3) is 0.500. The Balaban J connectivity index is 1.88. The molecule has 1 heterocycles. The molecule has 0 atom stereocenters. The Morgan fingerprint density at radius 3 is 2.81 bits per heavy atom. The Hall–Kier alpha value is -0.000000000000000132. The van der Waals surface area contributed by atoms with Gasteiger partial charge in [-0.15, -0.1) is 0 Å². The lowest BCUT2D eigenvalue weighted by atomic mass is 10.0. The van der Waals surface area contributed by atoms with Crippen molar-refractivity contribution in [2.45, 2.75) is 12.8 Å². The predicted molar refractivity (Wildman–Crippen MR) is 76.2 cm³/mol. The number of hydrogen-bond acceptors (Lipinski definition) is 2. The minimum atomic E-state index is 0.712. The number of ether oxygens (including phenoxy) is 1. The molecule has 0 amide bonds. The summed E-state index contributed by atoms with van der Waals surface area (Å²) in [6.07, 6.45) is 2.30. The largest absolute Gasteiger partial charge is 0.384 e.